The van der Waals surface area contributed by atoms with Gasteiger partial charge in [-0.25, -0.2) is 9.59 Å². The number of nitrogens with one attached hydrogen (secondary N) is 1. The fourth-order valence-electron chi connectivity index (χ4n) is 2.53. The van der Waals surface area contributed by atoms with Crippen molar-refractivity contribution in [1.82, 2.24) is 15.1 Å². The van der Waals surface area contributed by atoms with Crippen molar-refractivity contribution in [3.63, 3.8) is 0 Å². The Labute approximate surface area is 131 Å². The fraction of sp³-hybridized carbons (Fsp3) is 0.500. The summed E-state index contributed by atoms with van der Waals surface area (Å²) in [6.07, 6.45) is 0.486. The van der Waals surface area contributed by atoms with E-state index in [2.05, 4.69) is 29.1 Å². The van der Waals surface area contributed by atoms with Gasteiger partial charge in [0.1, 0.15) is 0 Å². The smallest absolute Gasteiger partial charge is 0.409 e. The number of nitrogens with zero attached hydrogens (tertiary/aromatic N) is 2. The third-order valence-corrected chi connectivity index (χ3v) is 3.93. The number of rotatable bonds is 3. The molecule has 0 saturated carbocycles. The summed E-state index contributed by atoms with van der Waals surface area (Å²) in [5, 5.41) is 2.94. The Balaban J connectivity index is 1.72. The zero-order valence-corrected chi connectivity index (χ0v) is 13.2. The highest BCUT2D eigenvalue weighted by atomic mass is 16.5. The average molecular weight is 305 g/mol. The Hall–Kier alpha value is -2.24. The molecule has 1 aliphatic rings. The van der Waals surface area contributed by atoms with Gasteiger partial charge in [-0.2, -0.15) is 0 Å². The molecule has 0 spiro atoms. The van der Waals surface area contributed by atoms with Crippen molar-refractivity contribution in [2.24, 2.45) is 0 Å². The monoisotopic (exact) mass is 305 g/mol. The van der Waals surface area contributed by atoms with E-state index in [1.807, 2.05) is 12.1 Å². The Morgan fingerprint density at radius 1 is 1.14 bits per heavy atom. The molecule has 1 aliphatic heterocycles. The van der Waals surface area contributed by atoms with Crippen LogP contribution in [0.15, 0.2) is 24.3 Å². The minimum Gasteiger partial charge on any atom is -0.453 e. The molecule has 0 atom stereocenters. The lowest BCUT2D eigenvalue weighted by atomic mass is 10.1. The lowest BCUT2D eigenvalue weighted by molar-refractivity contribution is 0.0971. The van der Waals surface area contributed by atoms with Crippen LogP contribution in [0.4, 0.5) is 9.59 Å². The number of ether oxygens (including phenoxy) is 1. The van der Waals surface area contributed by atoms with Gasteiger partial charge in [0.25, 0.3) is 0 Å². The van der Waals surface area contributed by atoms with Gasteiger partial charge >= 0.3 is 12.1 Å². The predicted octanol–water partition coefficient (Wildman–Crippen LogP) is 1.63. The van der Waals surface area contributed by atoms with Crippen molar-refractivity contribution < 1.29 is 14.3 Å². The third-order valence-electron chi connectivity index (χ3n) is 3.93. The number of urea groups is 1. The van der Waals surface area contributed by atoms with E-state index >= 15 is 0 Å². The molecule has 2 rings (SSSR count). The second-order valence-electron chi connectivity index (χ2n) is 5.35. The number of piperazine rings is 1. The SMILES string of the molecule is COC(=O)N1CCN(C(=O)NCCc2ccccc2C)CC1. The quantitative estimate of drug-likeness (QED) is 0.923. The van der Waals surface area contributed by atoms with Crippen molar-refractivity contribution in [1.29, 1.82) is 0 Å². The van der Waals surface area contributed by atoms with Crippen LogP contribution < -0.4 is 5.32 Å². The van der Waals surface area contributed by atoms with Crippen LogP contribution in [0.25, 0.3) is 0 Å². The van der Waals surface area contributed by atoms with Crippen LogP contribution in [-0.4, -0.2) is 61.8 Å². The van der Waals surface area contributed by atoms with Gasteiger partial charge in [-0.15, -0.1) is 0 Å². The second-order valence-corrected chi connectivity index (χ2v) is 5.35. The van der Waals surface area contributed by atoms with E-state index < -0.39 is 0 Å². The highest BCUT2D eigenvalue weighted by Crippen LogP contribution is 2.07. The molecule has 120 valence electrons. The van der Waals surface area contributed by atoms with Gasteiger partial charge in [-0.1, -0.05) is 24.3 Å². The molecule has 0 bridgehead atoms. The summed E-state index contributed by atoms with van der Waals surface area (Å²) >= 11 is 0. The first-order valence-electron chi connectivity index (χ1n) is 7.52. The summed E-state index contributed by atoms with van der Waals surface area (Å²) in [6, 6.07) is 8.10. The van der Waals surface area contributed by atoms with Gasteiger partial charge in [-0.3, -0.25) is 0 Å². The molecule has 0 unspecified atom stereocenters. The molecule has 1 heterocycles. The van der Waals surface area contributed by atoms with Crippen LogP contribution in [0.1, 0.15) is 11.1 Å². The number of aryl methyl sites for hydroxylation is 1. The highest BCUT2D eigenvalue weighted by Gasteiger charge is 2.24. The summed E-state index contributed by atoms with van der Waals surface area (Å²) in [7, 11) is 1.37. The lowest BCUT2D eigenvalue weighted by Gasteiger charge is -2.33. The highest BCUT2D eigenvalue weighted by molar-refractivity contribution is 5.75. The molecule has 0 aromatic heterocycles. The van der Waals surface area contributed by atoms with E-state index in [0.717, 1.165) is 6.42 Å². The third kappa shape index (κ3) is 4.13. The largest absolute Gasteiger partial charge is 0.453 e. The van der Waals surface area contributed by atoms with Crippen LogP contribution in [0, 0.1) is 6.92 Å². The molecule has 1 fully saturated rings. The summed E-state index contributed by atoms with van der Waals surface area (Å²) in [6.45, 7) is 4.77. The normalized spacial score (nSPS) is 14.6. The van der Waals surface area contributed by atoms with E-state index in [1.165, 1.54) is 18.2 Å². The predicted molar refractivity (Wildman–Crippen MR) is 83.8 cm³/mol. The van der Waals surface area contributed by atoms with Crippen LogP contribution in [0.2, 0.25) is 0 Å². The van der Waals surface area contributed by atoms with Crippen molar-refractivity contribution in [2.45, 2.75) is 13.3 Å². The van der Waals surface area contributed by atoms with E-state index in [9.17, 15) is 9.59 Å². The molecule has 1 N–H and O–H groups in total. The molecule has 0 radical (unpaired) electrons. The number of carbonyl (C=O) groups excluding carboxylic acids is 2. The summed E-state index contributed by atoms with van der Waals surface area (Å²) in [4.78, 5) is 26.8. The number of hydrogen-bond donors (Lipinski definition) is 1. The zero-order valence-electron chi connectivity index (χ0n) is 13.2. The molecule has 3 amide bonds. The number of hydrogen-bond acceptors (Lipinski definition) is 3. The molecule has 1 aromatic rings. The van der Waals surface area contributed by atoms with E-state index in [1.54, 1.807) is 9.80 Å². The maximum absolute atomic E-state index is 12.1. The molecular weight excluding hydrogens is 282 g/mol. The number of benzene rings is 1. The van der Waals surface area contributed by atoms with E-state index in [4.69, 9.17) is 0 Å². The van der Waals surface area contributed by atoms with Gasteiger partial charge in [-0.05, 0) is 24.5 Å². The molecule has 6 nitrogen and oxygen atoms in total. The van der Waals surface area contributed by atoms with Crippen molar-refractivity contribution in [3.8, 4) is 0 Å². The molecule has 22 heavy (non-hydrogen) atoms. The van der Waals surface area contributed by atoms with Gasteiger partial charge in [0.2, 0.25) is 0 Å². The summed E-state index contributed by atoms with van der Waals surface area (Å²) in [5.41, 5.74) is 2.49. The van der Waals surface area contributed by atoms with Crippen LogP contribution >= 0.6 is 0 Å². The Bertz CT molecular complexity index is 525. The summed E-state index contributed by atoms with van der Waals surface area (Å²) in [5.74, 6) is 0. The molecule has 0 aliphatic carbocycles. The number of methoxy groups -OCH3 is 1. The van der Waals surface area contributed by atoms with Gasteiger partial charge in [0, 0.05) is 32.7 Å². The van der Waals surface area contributed by atoms with Crippen molar-refractivity contribution in [3.05, 3.63) is 35.4 Å². The topological polar surface area (TPSA) is 61.9 Å². The first-order valence-corrected chi connectivity index (χ1v) is 7.52. The Kier molecular flexibility index (Phi) is 5.63. The van der Waals surface area contributed by atoms with Crippen molar-refractivity contribution >= 4 is 12.1 Å². The maximum atomic E-state index is 12.1. The Morgan fingerprint density at radius 2 is 1.77 bits per heavy atom. The van der Waals surface area contributed by atoms with Crippen molar-refractivity contribution in [2.75, 3.05) is 39.8 Å². The maximum Gasteiger partial charge on any atom is 0.409 e. The summed E-state index contributed by atoms with van der Waals surface area (Å²) < 4.78 is 4.68. The molecule has 1 aromatic carbocycles. The number of amides is 3. The van der Waals surface area contributed by atoms with E-state index in [-0.39, 0.29) is 12.1 Å². The minimum atomic E-state index is -0.334. The van der Waals surface area contributed by atoms with E-state index in [0.29, 0.717) is 32.7 Å². The molecular formula is C16H23N3O3. The Morgan fingerprint density at radius 3 is 2.41 bits per heavy atom. The lowest BCUT2D eigenvalue weighted by Crippen LogP contribution is -2.53. The van der Waals surface area contributed by atoms with Gasteiger partial charge in [0.15, 0.2) is 0 Å². The molecule has 6 heteroatoms. The second kappa shape index (κ2) is 7.68. The zero-order chi connectivity index (χ0) is 15.9. The number of carbonyl (C=O) groups is 2. The minimum absolute atomic E-state index is 0.0712. The van der Waals surface area contributed by atoms with Gasteiger partial charge in [0.05, 0.1) is 7.11 Å². The van der Waals surface area contributed by atoms with Crippen LogP contribution in [-0.2, 0) is 11.2 Å². The van der Waals surface area contributed by atoms with Crippen LogP contribution in [0.3, 0.4) is 0 Å². The fourth-order valence-corrected chi connectivity index (χ4v) is 2.53. The molecule has 1 saturated heterocycles. The average Bonchev–Trinajstić information content (AvgIpc) is 2.56. The first kappa shape index (κ1) is 16.1. The van der Waals surface area contributed by atoms with Crippen LogP contribution in [0.5, 0.6) is 0 Å². The first-order chi connectivity index (χ1) is 10.6. The standard InChI is InChI=1S/C16H23N3O3/c1-13-5-3-4-6-14(13)7-8-17-15(20)18-9-11-19(12-10-18)16(21)22-2/h3-6H,7-12H2,1-2H3,(H,17,20). The van der Waals surface area contributed by atoms with Gasteiger partial charge < -0.3 is 19.9 Å².